The van der Waals surface area contributed by atoms with Crippen molar-refractivity contribution in [3.05, 3.63) is 48.0 Å². The molecule has 0 amide bonds. The van der Waals surface area contributed by atoms with Crippen molar-refractivity contribution in [2.24, 2.45) is 4.99 Å². The van der Waals surface area contributed by atoms with Gasteiger partial charge in [0.15, 0.2) is 5.82 Å². The van der Waals surface area contributed by atoms with E-state index in [-0.39, 0.29) is 0 Å². The Bertz CT molecular complexity index is 567. The molecule has 1 radical (unpaired) electrons. The lowest BCUT2D eigenvalue weighted by atomic mass is 10.3. The molecule has 2 aromatic rings. The minimum Gasteiger partial charge on any atom is -0.541 e. The van der Waals surface area contributed by atoms with Crippen LogP contribution in [0.3, 0.4) is 0 Å². The quantitative estimate of drug-likeness (QED) is 0.633. The zero-order valence-electron chi connectivity index (χ0n) is 11.3. The highest BCUT2D eigenvalue weighted by Gasteiger charge is 2.04. The molecular formula is C14H16N3OSi. The topological polar surface area (TPSA) is 47.4 Å². The smallest absolute Gasteiger partial charge is 0.274 e. The van der Waals surface area contributed by atoms with Gasteiger partial charge in [0.2, 0.25) is 0 Å². The average Bonchev–Trinajstić information content (AvgIpc) is 2.39. The van der Waals surface area contributed by atoms with E-state index in [1.807, 2.05) is 31.2 Å². The van der Waals surface area contributed by atoms with Crippen LogP contribution in [0.25, 0.3) is 0 Å². The Kier molecular flexibility index (Phi) is 4.41. The summed E-state index contributed by atoms with van der Waals surface area (Å²) in [6.45, 7) is 6.14. The summed E-state index contributed by atoms with van der Waals surface area (Å²) in [6, 6.07) is 7.74. The number of aryl methyl sites for hydroxylation is 1. The first-order chi connectivity index (χ1) is 9.15. The van der Waals surface area contributed by atoms with Crippen molar-refractivity contribution in [1.29, 1.82) is 0 Å². The molecule has 4 nitrogen and oxygen atoms in total. The van der Waals surface area contributed by atoms with E-state index in [2.05, 4.69) is 28.1 Å². The van der Waals surface area contributed by atoms with E-state index in [0.717, 1.165) is 17.0 Å². The summed E-state index contributed by atoms with van der Waals surface area (Å²) < 4.78 is 5.80. The number of para-hydroxylation sites is 2. The highest BCUT2D eigenvalue weighted by molar-refractivity contribution is 6.49. The Morgan fingerprint density at radius 3 is 2.53 bits per heavy atom. The van der Waals surface area contributed by atoms with Crippen molar-refractivity contribution in [3.8, 4) is 5.75 Å². The highest BCUT2D eigenvalue weighted by atomic mass is 28.3. The van der Waals surface area contributed by atoms with E-state index in [4.69, 9.17) is 4.43 Å². The van der Waals surface area contributed by atoms with E-state index in [1.54, 1.807) is 18.6 Å². The zero-order chi connectivity index (χ0) is 13.7. The van der Waals surface area contributed by atoms with Crippen LogP contribution in [0, 0.1) is 6.92 Å². The molecule has 0 aliphatic heterocycles. The second kappa shape index (κ2) is 6.24. The molecule has 0 aliphatic rings. The zero-order valence-corrected chi connectivity index (χ0v) is 12.3. The third-order valence-corrected chi connectivity index (χ3v) is 2.93. The largest absolute Gasteiger partial charge is 0.541 e. The van der Waals surface area contributed by atoms with Crippen LogP contribution >= 0.6 is 0 Å². The van der Waals surface area contributed by atoms with Crippen LogP contribution < -0.4 is 4.43 Å². The van der Waals surface area contributed by atoms with Crippen LogP contribution in [0.2, 0.25) is 13.1 Å². The first-order valence-corrected chi connectivity index (χ1v) is 8.46. The van der Waals surface area contributed by atoms with Crippen LogP contribution in [0.1, 0.15) is 11.4 Å². The Hall–Kier alpha value is -2.01. The minimum absolute atomic E-state index is 0.596. The van der Waals surface area contributed by atoms with Crippen molar-refractivity contribution >= 4 is 20.9 Å². The maximum atomic E-state index is 5.80. The summed E-state index contributed by atoms with van der Waals surface area (Å²) >= 11 is 0. The summed E-state index contributed by atoms with van der Waals surface area (Å²) in [5.41, 5.74) is 1.84. The third-order valence-electron chi connectivity index (χ3n) is 2.30. The van der Waals surface area contributed by atoms with Gasteiger partial charge in [-0.25, -0.2) is 15.0 Å². The molecule has 0 spiro atoms. The maximum absolute atomic E-state index is 5.80. The van der Waals surface area contributed by atoms with E-state index < -0.39 is 9.04 Å². The molecule has 5 heteroatoms. The fourth-order valence-electron chi connectivity index (χ4n) is 1.47. The second-order valence-electron chi connectivity index (χ2n) is 4.35. The summed E-state index contributed by atoms with van der Waals surface area (Å²) in [6.07, 6.45) is 5.20. The summed E-state index contributed by atoms with van der Waals surface area (Å²) in [5, 5.41) is 0. The number of aromatic nitrogens is 2. The lowest BCUT2D eigenvalue weighted by Gasteiger charge is -2.10. The van der Waals surface area contributed by atoms with E-state index >= 15 is 0 Å². The van der Waals surface area contributed by atoms with Gasteiger partial charge in [0.05, 0.1) is 6.21 Å². The normalized spacial score (nSPS) is 11.2. The molecule has 19 heavy (non-hydrogen) atoms. The van der Waals surface area contributed by atoms with E-state index in [9.17, 15) is 0 Å². The number of benzene rings is 1. The fourth-order valence-corrected chi connectivity index (χ4v) is 2.08. The van der Waals surface area contributed by atoms with Gasteiger partial charge in [-0.2, -0.15) is 0 Å². The third kappa shape index (κ3) is 3.99. The van der Waals surface area contributed by atoms with Gasteiger partial charge in [0, 0.05) is 12.4 Å². The van der Waals surface area contributed by atoms with Crippen molar-refractivity contribution in [2.45, 2.75) is 20.0 Å². The molecule has 0 saturated heterocycles. The molecule has 0 aliphatic carbocycles. The molecule has 0 bridgehead atoms. The van der Waals surface area contributed by atoms with E-state index in [0.29, 0.717) is 5.82 Å². The van der Waals surface area contributed by atoms with Gasteiger partial charge >= 0.3 is 0 Å². The number of rotatable bonds is 4. The van der Waals surface area contributed by atoms with Gasteiger partial charge in [0.25, 0.3) is 9.04 Å². The van der Waals surface area contributed by atoms with Crippen molar-refractivity contribution < 1.29 is 4.43 Å². The molecule has 0 atom stereocenters. The Balaban J connectivity index is 2.20. The average molecular weight is 270 g/mol. The SMILES string of the molecule is Cc1cnc(C=Nc2ccccc2O[Si](C)C)nc1. The van der Waals surface area contributed by atoms with Crippen LogP contribution in [-0.2, 0) is 0 Å². The molecule has 0 N–H and O–H groups in total. The molecule has 0 unspecified atom stereocenters. The van der Waals surface area contributed by atoms with Gasteiger partial charge in [-0.15, -0.1) is 0 Å². The lowest BCUT2D eigenvalue weighted by molar-refractivity contribution is 0.582. The predicted octanol–water partition coefficient (Wildman–Crippen LogP) is 3.17. The number of hydrogen-bond acceptors (Lipinski definition) is 4. The summed E-state index contributed by atoms with van der Waals surface area (Å²) in [5.74, 6) is 1.41. The van der Waals surface area contributed by atoms with Gasteiger partial charge < -0.3 is 4.43 Å². The van der Waals surface area contributed by atoms with Crippen LogP contribution in [0.15, 0.2) is 41.7 Å². The molecule has 1 aromatic carbocycles. The van der Waals surface area contributed by atoms with Crippen molar-refractivity contribution in [2.75, 3.05) is 0 Å². The maximum Gasteiger partial charge on any atom is 0.274 e. The standard InChI is InChI=1S/C14H16N3OSi/c1-11-8-16-14(17-9-11)10-15-12-6-4-5-7-13(12)18-19(2)3/h4-10H,1-3H3. The van der Waals surface area contributed by atoms with Gasteiger partial charge in [-0.3, -0.25) is 0 Å². The number of nitrogens with zero attached hydrogens (tertiary/aromatic N) is 3. The lowest BCUT2D eigenvalue weighted by Crippen LogP contribution is -2.11. The minimum atomic E-state index is -0.802. The molecule has 0 saturated carbocycles. The Morgan fingerprint density at radius 1 is 1.16 bits per heavy atom. The predicted molar refractivity (Wildman–Crippen MR) is 78.6 cm³/mol. The fraction of sp³-hybridized carbons (Fsp3) is 0.214. The van der Waals surface area contributed by atoms with E-state index in [1.165, 1.54) is 0 Å². The van der Waals surface area contributed by atoms with Crippen molar-refractivity contribution in [1.82, 2.24) is 9.97 Å². The van der Waals surface area contributed by atoms with Crippen LogP contribution in [-0.4, -0.2) is 25.2 Å². The summed E-state index contributed by atoms with van der Waals surface area (Å²) in [4.78, 5) is 12.8. The molecular weight excluding hydrogens is 254 g/mol. The molecule has 1 heterocycles. The highest BCUT2D eigenvalue weighted by Crippen LogP contribution is 2.27. The number of aliphatic imine (C=N–C) groups is 1. The van der Waals surface area contributed by atoms with Gasteiger partial charge in [0.1, 0.15) is 11.4 Å². The molecule has 0 fully saturated rings. The molecule has 97 valence electrons. The molecule has 1 aromatic heterocycles. The first-order valence-electron chi connectivity index (χ1n) is 6.05. The monoisotopic (exact) mass is 270 g/mol. The summed E-state index contributed by atoms with van der Waals surface area (Å²) in [7, 11) is -0.802. The molecule has 2 rings (SSSR count). The van der Waals surface area contributed by atoms with Crippen molar-refractivity contribution in [3.63, 3.8) is 0 Å². The van der Waals surface area contributed by atoms with Gasteiger partial charge in [-0.05, 0) is 37.7 Å². The van der Waals surface area contributed by atoms with Gasteiger partial charge in [-0.1, -0.05) is 12.1 Å². The van der Waals surface area contributed by atoms with Crippen LogP contribution in [0.5, 0.6) is 5.75 Å². The van der Waals surface area contributed by atoms with Crippen LogP contribution in [0.4, 0.5) is 5.69 Å². The second-order valence-corrected chi connectivity index (χ2v) is 6.38. The first kappa shape index (κ1) is 13.4. The Labute approximate surface area is 114 Å². The Morgan fingerprint density at radius 2 is 1.84 bits per heavy atom. The number of hydrogen-bond donors (Lipinski definition) is 0.